The number of likely N-dealkylation sites (tertiary alicyclic amines) is 1. The van der Waals surface area contributed by atoms with Gasteiger partial charge < -0.3 is 10.6 Å². The average molecular weight is 326 g/mol. The third-order valence-electron chi connectivity index (χ3n) is 4.80. The van der Waals surface area contributed by atoms with E-state index in [9.17, 15) is 4.79 Å². The zero-order valence-corrected chi connectivity index (χ0v) is 14.5. The summed E-state index contributed by atoms with van der Waals surface area (Å²) in [6.07, 6.45) is 3.24. The molecule has 1 fully saturated rings. The maximum absolute atomic E-state index is 12.7. The fourth-order valence-corrected chi connectivity index (χ4v) is 3.44. The van der Waals surface area contributed by atoms with Gasteiger partial charge in [0.2, 0.25) is 0 Å². The molecule has 0 saturated carbocycles. The van der Waals surface area contributed by atoms with Crippen LogP contribution in [0.5, 0.6) is 0 Å². The Hall–Kier alpha value is -2.14. The molecular formula is C19H26N4O. The maximum atomic E-state index is 12.7. The molecule has 3 rings (SSSR count). The summed E-state index contributed by atoms with van der Waals surface area (Å²) in [6.45, 7) is 6.14. The lowest BCUT2D eigenvalue weighted by atomic mass is 10.0. The van der Waals surface area contributed by atoms with Crippen molar-refractivity contribution in [2.75, 3.05) is 13.1 Å². The van der Waals surface area contributed by atoms with Crippen LogP contribution in [-0.4, -0.2) is 39.7 Å². The largest absolute Gasteiger partial charge is 0.334 e. The minimum absolute atomic E-state index is 0.0998. The first kappa shape index (κ1) is 16.7. The number of nitrogens with zero attached hydrogens (tertiary/aromatic N) is 3. The van der Waals surface area contributed by atoms with E-state index in [0.717, 1.165) is 54.9 Å². The van der Waals surface area contributed by atoms with Crippen molar-refractivity contribution in [1.82, 2.24) is 14.7 Å². The van der Waals surface area contributed by atoms with Crippen LogP contribution in [0.25, 0.3) is 0 Å². The Morgan fingerprint density at radius 2 is 2.00 bits per heavy atom. The van der Waals surface area contributed by atoms with E-state index in [1.54, 1.807) is 0 Å². The normalized spacial score (nSPS) is 18.0. The van der Waals surface area contributed by atoms with E-state index >= 15 is 0 Å². The number of aryl methyl sites for hydroxylation is 2. The molecule has 1 aromatic heterocycles. The maximum Gasteiger partial charge on any atom is 0.254 e. The number of aromatic nitrogens is 2. The Morgan fingerprint density at radius 1 is 1.25 bits per heavy atom. The molecular weight excluding hydrogens is 300 g/mol. The van der Waals surface area contributed by atoms with Crippen LogP contribution in [0.1, 0.15) is 46.6 Å². The molecule has 2 heterocycles. The lowest BCUT2D eigenvalue weighted by molar-refractivity contribution is 0.0623. The van der Waals surface area contributed by atoms with Crippen molar-refractivity contribution in [3.63, 3.8) is 0 Å². The van der Waals surface area contributed by atoms with E-state index in [-0.39, 0.29) is 11.9 Å². The van der Waals surface area contributed by atoms with Crippen LogP contribution in [-0.2, 0) is 6.54 Å². The van der Waals surface area contributed by atoms with Gasteiger partial charge in [-0.1, -0.05) is 12.1 Å². The highest BCUT2D eigenvalue weighted by Crippen LogP contribution is 2.19. The smallest absolute Gasteiger partial charge is 0.254 e. The van der Waals surface area contributed by atoms with Gasteiger partial charge in [0, 0.05) is 30.4 Å². The van der Waals surface area contributed by atoms with Crippen LogP contribution < -0.4 is 5.73 Å². The Balaban J connectivity index is 1.71. The Bertz CT molecular complexity index is 705. The van der Waals surface area contributed by atoms with Gasteiger partial charge in [-0.25, -0.2) is 0 Å². The SMILES string of the molecule is Cc1cc(C)n(Cc2ccc(C(=O)N3CCCCC3CN)cc2)n1. The topological polar surface area (TPSA) is 64.2 Å². The predicted molar refractivity (Wildman–Crippen MR) is 95.0 cm³/mol. The van der Waals surface area contributed by atoms with Gasteiger partial charge in [0.05, 0.1) is 12.2 Å². The van der Waals surface area contributed by atoms with Gasteiger partial charge in [-0.05, 0) is 56.9 Å². The van der Waals surface area contributed by atoms with Crippen LogP contribution in [0, 0.1) is 13.8 Å². The Morgan fingerprint density at radius 3 is 2.62 bits per heavy atom. The molecule has 5 nitrogen and oxygen atoms in total. The number of piperidine rings is 1. The molecule has 1 atom stereocenters. The summed E-state index contributed by atoms with van der Waals surface area (Å²) >= 11 is 0. The summed E-state index contributed by atoms with van der Waals surface area (Å²) in [6, 6.07) is 10.1. The minimum atomic E-state index is 0.0998. The number of hydrogen-bond donors (Lipinski definition) is 1. The average Bonchev–Trinajstić information content (AvgIpc) is 2.92. The fourth-order valence-electron chi connectivity index (χ4n) is 3.44. The summed E-state index contributed by atoms with van der Waals surface area (Å²) in [5.74, 6) is 0.0998. The molecule has 2 N–H and O–H groups in total. The first-order valence-corrected chi connectivity index (χ1v) is 8.69. The van der Waals surface area contributed by atoms with Crippen LogP contribution in [0.4, 0.5) is 0 Å². The quantitative estimate of drug-likeness (QED) is 0.939. The summed E-state index contributed by atoms with van der Waals surface area (Å²) in [5, 5.41) is 4.49. The molecule has 5 heteroatoms. The molecule has 1 saturated heterocycles. The molecule has 1 aromatic carbocycles. The fraction of sp³-hybridized carbons (Fsp3) is 0.474. The van der Waals surface area contributed by atoms with Gasteiger partial charge in [-0.15, -0.1) is 0 Å². The molecule has 128 valence electrons. The van der Waals surface area contributed by atoms with Crippen molar-refractivity contribution in [2.45, 2.75) is 45.7 Å². The first-order chi connectivity index (χ1) is 11.6. The van der Waals surface area contributed by atoms with Gasteiger partial charge >= 0.3 is 0 Å². The molecule has 0 spiro atoms. The van der Waals surface area contributed by atoms with E-state index in [1.165, 1.54) is 0 Å². The number of rotatable bonds is 4. The van der Waals surface area contributed by atoms with E-state index < -0.39 is 0 Å². The second-order valence-electron chi connectivity index (χ2n) is 6.67. The second-order valence-corrected chi connectivity index (χ2v) is 6.67. The number of carbonyl (C=O) groups is 1. The van der Waals surface area contributed by atoms with Crippen molar-refractivity contribution >= 4 is 5.91 Å². The Kier molecular flexibility index (Phi) is 5.00. The number of benzene rings is 1. The zero-order chi connectivity index (χ0) is 17.1. The minimum Gasteiger partial charge on any atom is -0.334 e. The summed E-state index contributed by atoms with van der Waals surface area (Å²) in [5.41, 5.74) is 9.89. The van der Waals surface area contributed by atoms with Crippen LogP contribution >= 0.6 is 0 Å². The van der Waals surface area contributed by atoms with Gasteiger partial charge in [0.25, 0.3) is 5.91 Å². The van der Waals surface area contributed by atoms with Crippen LogP contribution in [0.3, 0.4) is 0 Å². The number of nitrogens with two attached hydrogens (primary N) is 1. The van der Waals surface area contributed by atoms with Crippen molar-refractivity contribution in [3.8, 4) is 0 Å². The molecule has 1 aliphatic heterocycles. The highest BCUT2D eigenvalue weighted by molar-refractivity contribution is 5.94. The predicted octanol–water partition coefficient (Wildman–Crippen LogP) is 2.50. The van der Waals surface area contributed by atoms with Crippen LogP contribution in [0.15, 0.2) is 30.3 Å². The molecule has 1 aliphatic rings. The number of amides is 1. The van der Waals surface area contributed by atoms with E-state index in [4.69, 9.17) is 5.73 Å². The second kappa shape index (κ2) is 7.18. The molecule has 1 amide bonds. The van der Waals surface area contributed by atoms with Crippen molar-refractivity contribution in [2.24, 2.45) is 5.73 Å². The molecule has 0 radical (unpaired) electrons. The molecule has 0 aliphatic carbocycles. The van der Waals surface area contributed by atoms with Crippen molar-refractivity contribution in [1.29, 1.82) is 0 Å². The highest BCUT2D eigenvalue weighted by Gasteiger charge is 2.26. The van der Waals surface area contributed by atoms with E-state index in [1.807, 2.05) is 40.8 Å². The summed E-state index contributed by atoms with van der Waals surface area (Å²) in [7, 11) is 0. The van der Waals surface area contributed by atoms with Gasteiger partial charge in [0.15, 0.2) is 0 Å². The van der Waals surface area contributed by atoms with Crippen molar-refractivity contribution in [3.05, 3.63) is 52.8 Å². The first-order valence-electron chi connectivity index (χ1n) is 8.69. The third kappa shape index (κ3) is 3.51. The lowest BCUT2D eigenvalue weighted by Crippen LogP contribution is -2.47. The highest BCUT2D eigenvalue weighted by atomic mass is 16.2. The third-order valence-corrected chi connectivity index (χ3v) is 4.80. The molecule has 2 aromatic rings. The lowest BCUT2D eigenvalue weighted by Gasteiger charge is -2.35. The van der Waals surface area contributed by atoms with Gasteiger partial charge in [-0.3, -0.25) is 9.48 Å². The number of hydrogen-bond acceptors (Lipinski definition) is 3. The summed E-state index contributed by atoms with van der Waals surface area (Å²) < 4.78 is 1.99. The zero-order valence-electron chi connectivity index (χ0n) is 14.5. The van der Waals surface area contributed by atoms with Gasteiger partial charge in [-0.2, -0.15) is 5.10 Å². The summed E-state index contributed by atoms with van der Waals surface area (Å²) in [4.78, 5) is 14.7. The van der Waals surface area contributed by atoms with Gasteiger partial charge in [0.1, 0.15) is 0 Å². The molecule has 0 bridgehead atoms. The molecule has 24 heavy (non-hydrogen) atoms. The van der Waals surface area contributed by atoms with E-state index in [0.29, 0.717) is 6.54 Å². The van der Waals surface area contributed by atoms with Crippen LogP contribution in [0.2, 0.25) is 0 Å². The van der Waals surface area contributed by atoms with Crippen molar-refractivity contribution < 1.29 is 4.79 Å². The molecule has 1 unspecified atom stereocenters. The van der Waals surface area contributed by atoms with E-state index in [2.05, 4.69) is 18.1 Å². The number of carbonyl (C=O) groups excluding carboxylic acids is 1. The monoisotopic (exact) mass is 326 g/mol. The Labute approximate surface area is 143 Å². The standard InChI is InChI=1S/C19H26N4O/c1-14-11-15(2)23(21-14)13-16-6-8-17(9-7-16)19(24)22-10-4-3-5-18(22)12-20/h6-9,11,18H,3-5,10,12-13,20H2,1-2H3.